The highest BCUT2D eigenvalue weighted by Crippen LogP contribution is 2.26. The fourth-order valence-corrected chi connectivity index (χ4v) is 4.27. The molecule has 0 radical (unpaired) electrons. The molecule has 6 nitrogen and oxygen atoms in total. The molecule has 27 heavy (non-hydrogen) atoms. The minimum absolute atomic E-state index is 0.0435. The average molecular weight is 390 g/mol. The largest absolute Gasteiger partial charge is 0.459 e. The number of hydrogen-bond acceptors (Lipinski definition) is 5. The first-order chi connectivity index (χ1) is 13.0. The van der Waals surface area contributed by atoms with E-state index < -0.39 is 0 Å². The van der Waals surface area contributed by atoms with E-state index in [1.807, 2.05) is 48.1 Å². The van der Waals surface area contributed by atoms with Gasteiger partial charge in [0, 0.05) is 37.5 Å². The lowest BCUT2D eigenvalue weighted by Crippen LogP contribution is -2.44. The molecule has 0 atom stereocenters. The van der Waals surface area contributed by atoms with E-state index in [0.717, 1.165) is 48.2 Å². The summed E-state index contributed by atoms with van der Waals surface area (Å²) in [5, 5.41) is 2.72. The monoisotopic (exact) mass is 389 g/mol. The van der Waals surface area contributed by atoms with Crippen LogP contribution in [-0.2, 0) is 16.0 Å². The molecule has 0 saturated carbocycles. The molecule has 1 saturated heterocycles. The SMILES string of the molecule is CCN(CC)C(=O)C1CCN(C(=O)Cc2csc(-c3ccc(C)o3)n2)CC1. The van der Waals surface area contributed by atoms with Gasteiger partial charge >= 0.3 is 0 Å². The molecule has 146 valence electrons. The van der Waals surface area contributed by atoms with Crippen molar-refractivity contribution in [2.75, 3.05) is 26.2 Å². The molecule has 0 bridgehead atoms. The van der Waals surface area contributed by atoms with Gasteiger partial charge in [0.2, 0.25) is 11.8 Å². The zero-order chi connectivity index (χ0) is 19.4. The lowest BCUT2D eigenvalue weighted by molar-refractivity contribution is -0.140. The molecule has 3 heterocycles. The van der Waals surface area contributed by atoms with Crippen molar-refractivity contribution in [2.24, 2.45) is 5.92 Å². The van der Waals surface area contributed by atoms with Crippen LogP contribution < -0.4 is 0 Å². The van der Waals surface area contributed by atoms with Gasteiger partial charge in [-0.25, -0.2) is 4.98 Å². The Morgan fingerprint density at radius 1 is 1.26 bits per heavy atom. The Bertz CT molecular complexity index is 786. The first-order valence-electron chi connectivity index (χ1n) is 9.59. The molecule has 2 aromatic heterocycles. The Morgan fingerprint density at radius 2 is 1.96 bits per heavy atom. The van der Waals surface area contributed by atoms with Gasteiger partial charge in [-0.2, -0.15) is 0 Å². The molecule has 1 aliphatic heterocycles. The molecular weight excluding hydrogens is 362 g/mol. The van der Waals surface area contributed by atoms with Crippen LogP contribution in [0.1, 0.15) is 38.1 Å². The normalized spacial score (nSPS) is 15.1. The fourth-order valence-electron chi connectivity index (χ4n) is 3.49. The van der Waals surface area contributed by atoms with Crippen molar-refractivity contribution in [1.82, 2.24) is 14.8 Å². The van der Waals surface area contributed by atoms with E-state index in [1.54, 1.807) is 0 Å². The number of hydrogen-bond donors (Lipinski definition) is 0. The number of piperidine rings is 1. The molecular formula is C20H27N3O3S. The van der Waals surface area contributed by atoms with Crippen LogP contribution in [0.15, 0.2) is 21.9 Å². The molecule has 1 aliphatic rings. The second-order valence-electron chi connectivity index (χ2n) is 6.90. The highest BCUT2D eigenvalue weighted by atomic mass is 32.1. The highest BCUT2D eigenvalue weighted by molar-refractivity contribution is 7.13. The summed E-state index contributed by atoms with van der Waals surface area (Å²) < 4.78 is 5.59. The lowest BCUT2D eigenvalue weighted by Gasteiger charge is -2.33. The third-order valence-corrected chi connectivity index (χ3v) is 6.01. The van der Waals surface area contributed by atoms with Crippen molar-refractivity contribution >= 4 is 23.2 Å². The second-order valence-corrected chi connectivity index (χ2v) is 7.75. The van der Waals surface area contributed by atoms with Crippen molar-refractivity contribution < 1.29 is 14.0 Å². The number of carbonyl (C=O) groups excluding carboxylic acids is 2. The number of likely N-dealkylation sites (tertiary alicyclic amines) is 1. The molecule has 1 fully saturated rings. The van der Waals surface area contributed by atoms with Crippen LogP contribution in [0.2, 0.25) is 0 Å². The van der Waals surface area contributed by atoms with Crippen LogP contribution in [0.3, 0.4) is 0 Å². The van der Waals surface area contributed by atoms with Gasteiger partial charge in [-0.05, 0) is 45.7 Å². The van der Waals surface area contributed by atoms with Gasteiger partial charge in [-0.3, -0.25) is 9.59 Å². The van der Waals surface area contributed by atoms with Crippen molar-refractivity contribution in [3.63, 3.8) is 0 Å². The van der Waals surface area contributed by atoms with Crippen LogP contribution in [0.5, 0.6) is 0 Å². The number of nitrogens with zero attached hydrogens (tertiary/aromatic N) is 3. The van der Waals surface area contributed by atoms with Crippen LogP contribution in [-0.4, -0.2) is 52.8 Å². The summed E-state index contributed by atoms with van der Waals surface area (Å²) >= 11 is 1.49. The van der Waals surface area contributed by atoms with Gasteiger partial charge in [-0.1, -0.05) is 0 Å². The first kappa shape index (κ1) is 19.6. The Kier molecular flexibility index (Phi) is 6.31. The van der Waals surface area contributed by atoms with E-state index in [-0.39, 0.29) is 17.7 Å². The molecule has 0 aromatic carbocycles. The molecule has 7 heteroatoms. The number of carbonyl (C=O) groups is 2. The maximum absolute atomic E-state index is 12.6. The first-order valence-corrected chi connectivity index (χ1v) is 10.5. The predicted octanol–water partition coefficient (Wildman–Crippen LogP) is 3.36. The highest BCUT2D eigenvalue weighted by Gasteiger charge is 2.29. The summed E-state index contributed by atoms with van der Waals surface area (Å²) in [5.74, 6) is 1.94. The number of furan rings is 1. The minimum atomic E-state index is 0.0435. The smallest absolute Gasteiger partial charge is 0.228 e. The van der Waals surface area contributed by atoms with E-state index >= 15 is 0 Å². The van der Waals surface area contributed by atoms with E-state index in [9.17, 15) is 9.59 Å². The lowest BCUT2D eigenvalue weighted by atomic mass is 9.95. The van der Waals surface area contributed by atoms with Crippen molar-refractivity contribution in [3.05, 3.63) is 29.0 Å². The van der Waals surface area contributed by atoms with E-state index in [2.05, 4.69) is 4.98 Å². The molecule has 2 amide bonds. The topological polar surface area (TPSA) is 66.7 Å². The molecule has 0 spiro atoms. The van der Waals surface area contributed by atoms with Crippen LogP contribution in [0.25, 0.3) is 10.8 Å². The van der Waals surface area contributed by atoms with Crippen molar-refractivity contribution in [2.45, 2.75) is 40.0 Å². The number of aryl methyl sites for hydroxylation is 1. The van der Waals surface area contributed by atoms with Gasteiger partial charge in [0.25, 0.3) is 0 Å². The van der Waals surface area contributed by atoms with Gasteiger partial charge in [0.05, 0.1) is 12.1 Å². The van der Waals surface area contributed by atoms with Gasteiger partial charge in [-0.15, -0.1) is 11.3 Å². The number of thiazole rings is 1. The van der Waals surface area contributed by atoms with Crippen molar-refractivity contribution in [3.8, 4) is 10.8 Å². The van der Waals surface area contributed by atoms with Gasteiger partial charge < -0.3 is 14.2 Å². The number of rotatable bonds is 6. The Hall–Kier alpha value is -2.15. The Labute approximate surface area is 164 Å². The predicted molar refractivity (Wildman–Crippen MR) is 105 cm³/mol. The standard InChI is InChI=1S/C20H27N3O3S/c1-4-22(5-2)20(25)15-8-10-23(11-9-15)18(24)12-16-13-27-19(21-16)17-7-6-14(3)26-17/h6-7,13,15H,4-5,8-12H2,1-3H3. The fraction of sp³-hybridized carbons (Fsp3) is 0.550. The van der Waals surface area contributed by atoms with Crippen LogP contribution in [0.4, 0.5) is 0 Å². The maximum atomic E-state index is 12.6. The van der Waals surface area contributed by atoms with Gasteiger partial charge in [0.15, 0.2) is 10.8 Å². The van der Waals surface area contributed by atoms with Crippen LogP contribution >= 0.6 is 11.3 Å². The third kappa shape index (κ3) is 4.58. The summed E-state index contributed by atoms with van der Waals surface area (Å²) in [6.45, 7) is 8.69. The number of amides is 2. The van der Waals surface area contributed by atoms with E-state index in [0.29, 0.717) is 19.5 Å². The summed E-state index contributed by atoms with van der Waals surface area (Å²) in [7, 11) is 0. The number of aromatic nitrogens is 1. The zero-order valence-electron chi connectivity index (χ0n) is 16.2. The summed E-state index contributed by atoms with van der Waals surface area (Å²) in [6.07, 6.45) is 1.79. The van der Waals surface area contributed by atoms with Crippen molar-refractivity contribution in [1.29, 1.82) is 0 Å². The summed E-state index contributed by atoms with van der Waals surface area (Å²) in [5.41, 5.74) is 0.774. The van der Waals surface area contributed by atoms with Gasteiger partial charge in [0.1, 0.15) is 5.76 Å². The molecule has 0 N–H and O–H groups in total. The quantitative estimate of drug-likeness (QED) is 0.760. The molecule has 3 rings (SSSR count). The summed E-state index contributed by atoms with van der Waals surface area (Å²) in [4.78, 5) is 33.4. The van der Waals surface area contributed by atoms with E-state index in [1.165, 1.54) is 11.3 Å². The maximum Gasteiger partial charge on any atom is 0.228 e. The molecule has 0 aliphatic carbocycles. The summed E-state index contributed by atoms with van der Waals surface area (Å²) in [6, 6.07) is 3.81. The zero-order valence-corrected chi connectivity index (χ0v) is 17.1. The second kappa shape index (κ2) is 8.69. The minimum Gasteiger partial charge on any atom is -0.459 e. The molecule has 0 unspecified atom stereocenters. The molecule has 2 aromatic rings. The Morgan fingerprint density at radius 3 is 2.56 bits per heavy atom. The van der Waals surface area contributed by atoms with E-state index in [4.69, 9.17) is 4.42 Å². The average Bonchev–Trinajstić information content (AvgIpc) is 3.31. The van der Waals surface area contributed by atoms with Crippen LogP contribution in [0, 0.1) is 12.8 Å². The third-order valence-electron chi connectivity index (χ3n) is 5.11. The Balaban J connectivity index is 1.53.